The predicted molar refractivity (Wildman–Crippen MR) is 75.7 cm³/mol. The van der Waals surface area contributed by atoms with Crippen LogP contribution < -0.4 is 10.5 Å². The van der Waals surface area contributed by atoms with Gasteiger partial charge in [0.15, 0.2) is 5.82 Å². The average Bonchev–Trinajstić information content (AvgIpc) is 2.40. The van der Waals surface area contributed by atoms with Gasteiger partial charge in [0, 0.05) is 4.47 Å². The first kappa shape index (κ1) is 15.6. The van der Waals surface area contributed by atoms with Gasteiger partial charge in [-0.15, -0.1) is 0 Å². The molecular formula is C12H8BrF3N2O2S. The molecule has 112 valence electrons. The first-order valence-electron chi connectivity index (χ1n) is 5.44. The fraction of sp³-hybridized carbons (Fsp3) is 0. The van der Waals surface area contributed by atoms with Crippen LogP contribution in [0, 0.1) is 17.5 Å². The predicted octanol–water partition coefficient (Wildman–Crippen LogP) is 3.25. The molecule has 4 nitrogen and oxygen atoms in total. The Morgan fingerprint density at radius 3 is 2.33 bits per heavy atom. The van der Waals surface area contributed by atoms with Crippen LogP contribution in [0.4, 0.5) is 24.5 Å². The van der Waals surface area contributed by atoms with Gasteiger partial charge in [-0.2, -0.15) is 0 Å². The number of benzene rings is 2. The van der Waals surface area contributed by atoms with Crippen molar-refractivity contribution in [3.63, 3.8) is 0 Å². The Balaban J connectivity index is 2.52. The van der Waals surface area contributed by atoms with Crippen molar-refractivity contribution in [3.8, 4) is 0 Å². The van der Waals surface area contributed by atoms with E-state index in [0.717, 1.165) is 6.07 Å². The molecule has 0 radical (unpaired) electrons. The van der Waals surface area contributed by atoms with Crippen LogP contribution in [-0.2, 0) is 10.0 Å². The van der Waals surface area contributed by atoms with Crippen LogP contribution in [0.15, 0.2) is 39.7 Å². The summed E-state index contributed by atoms with van der Waals surface area (Å²) < 4.78 is 66.6. The Kier molecular flexibility index (Phi) is 4.15. The van der Waals surface area contributed by atoms with Crippen molar-refractivity contribution in [2.75, 3.05) is 10.5 Å². The number of nitrogens with one attached hydrogen (secondary N) is 1. The normalized spacial score (nSPS) is 11.4. The molecule has 0 aliphatic rings. The average molecular weight is 381 g/mol. The highest BCUT2D eigenvalue weighted by Crippen LogP contribution is 2.29. The van der Waals surface area contributed by atoms with E-state index in [1.54, 1.807) is 0 Å². The van der Waals surface area contributed by atoms with Crippen molar-refractivity contribution in [2.45, 2.75) is 4.90 Å². The van der Waals surface area contributed by atoms with Crippen LogP contribution in [-0.4, -0.2) is 8.42 Å². The summed E-state index contributed by atoms with van der Waals surface area (Å²) in [6, 6.07) is 5.20. The second-order valence-corrected chi connectivity index (χ2v) is 6.48. The summed E-state index contributed by atoms with van der Waals surface area (Å²) in [5.74, 6) is -3.38. The van der Waals surface area contributed by atoms with E-state index in [1.165, 1.54) is 12.1 Å². The fourth-order valence-electron chi connectivity index (χ4n) is 1.54. The maximum absolute atomic E-state index is 13.8. The molecule has 0 fully saturated rings. The van der Waals surface area contributed by atoms with Gasteiger partial charge in [0.05, 0.1) is 5.69 Å². The number of anilines is 2. The Bertz CT molecular complexity index is 792. The zero-order valence-corrected chi connectivity index (χ0v) is 12.6. The van der Waals surface area contributed by atoms with E-state index < -0.39 is 38.1 Å². The van der Waals surface area contributed by atoms with Crippen LogP contribution in [0.3, 0.4) is 0 Å². The number of sulfonamides is 1. The van der Waals surface area contributed by atoms with Gasteiger partial charge < -0.3 is 5.73 Å². The summed E-state index contributed by atoms with van der Waals surface area (Å²) in [4.78, 5) is -0.878. The molecule has 0 saturated heterocycles. The number of nitrogen functional groups attached to an aromatic ring is 1. The highest BCUT2D eigenvalue weighted by Gasteiger charge is 2.24. The maximum atomic E-state index is 13.8. The smallest absolute Gasteiger partial charge is 0.265 e. The van der Waals surface area contributed by atoms with E-state index >= 15 is 0 Å². The third kappa shape index (κ3) is 2.98. The summed E-state index contributed by atoms with van der Waals surface area (Å²) >= 11 is 2.97. The molecule has 0 bridgehead atoms. The van der Waals surface area contributed by atoms with E-state index in [2.05, 4.69) is 15.9 Å². The lowest BCUT2D eigenvalue weighted by molar-refractivity contribution is 0.556. The van der Waals surface area contributed by atoms with Crippen LogP contribution in [0.2, 0.25) is 0 Å². The zero-order valence-electron chi connectivity index (χ0n) is 10.2. The lowest BCUT2D eigenvalue weighted by Crippen LogP contribution is -2.17. The molecule has 9 heteroatoms. The van der Waals surface area contributed by atoms with Crippen molar-refractivity contribution >= 4 is 37.3 Å². The first-order valence-corrected chi connectivity index (χ1v) is 7.72. The lowest BCUT2D eigenvalue weighted by atomic mass is 10.3. The quantitative estimate of drug-likeness (QED) is 0.802. The second-order valence-electron chi connectivity index (χ2n) is 3.98. The minimum atomic E-state index is -4.47. The number of hydrogen-bond acceptors (Lipinski definition) is 3. The van der Waals surface area contributed by atoms with E-state index in [-0.39, 0.29) is 10.2 Å². The van der Waals surface area contributed by atoms with Crippen molar-refractivity contribution in [1.82, 2.24) is 0 Å². The van der Waals surface area contributed by atoms with Crippen LogP contribution in [0.1, 0.15) is 0 Å². The monoisotopic (exact) mass is 380 g/mol. The highest BCUT2D eigenvalue weighted by molar-refractivity contribution is 9.10. The third-order valence-corrected chi connectivity index (χ3v) is 4.61. The van der Waals surface area contributed by atoms with Gasteiger partial charge in [-0.3, -0.25) is 4.72 Å². The third-order valence-electron chi connectivity index (χ3n) is 2.58. The van der Waals surface area contributed by atoms with Gasteiger partial charge in [-0.05, 0) is 40.2 Å². The number of para-hydroxylation sites is 1. The molecule has 21 heavy (non-hydrogen) atoms. The SMILES string of the molecule is Nc1c(F)ccc(S(=O)(=O)Nc2c(F)cccc2Br)c1F. The number of hydrogen-bond donors (Lipinski definition) is 2. The van der Waals surface area contributed by atoms with E-state index in [0.29, 0.717) is 12.1 Å². The second kappa shape index (κ2) is 5.57. The minimum Gasteiger partial charge on any atom is -0.394 e. The molecule has 0 unspecified atom stereocenters. The summed E-state index contributed by atoms with van der Waals surface area (Å²) in [6.07, 6.45) is 0. The molecule has 0 spiro atoms. The van der Waals surface area contributed by atoms with Crippen LogP contribution in [0.25, 0.3) is 0 Å². The molecule has 2 rings (SSSR count). The summed E-state index contributed by atoms with van der Waals surface area (Å²) in [5, 5.41) is 0. The molecular weight excluding hydrogens is 373 g/mol. The number of nitrogens with two attached hydrogens (primary N) is 1. The summed E-state index contributed by atoms with van der Waals surface area (Å²) in [7, 11) is -4.47. The van der Waals surface area contributed by atoms with Crippen molar-refractivity contribution < 1.29 is 21.6 Å². The summed E-state index contributed by atoms with van der Waals surface area (Å²) in [6.45, 7) is 0. The van der Waals surface area contributed by atoms with Crippen molar-refractivity contribution in [3.05, 3.63) is 52.3 Å². The van der Waals surface area contributed by atoms with Gasteiger partial charge >= 0.3 is 0 Å². The van der Waals surface area contributed by atoms with E-state index in [1.807, 2.05) is 4.72 Å². The van der Waals surface area contributed by atoms with Crippen LogP contribution >= 0.6 is 15.9 Å². The molecule has 0 aliphatic carbocycles. The standard InChI is InChI=1S/C12H8BrF3N2O2S/c13-6-2-1-3-8(15)12(6)18-21(19,20)9-5-4-7(14)11(17)10(9)16/h1-5,18H,17H2. The Morgan fingerprint density at radius 1 is 1.05 bits per heavy atom. The Labute approximate surface area is 127 Å². The molecule has 2 aromatic rings. The molecule has 3 N–H and O–H groups in total. The lowest BCUT2D eigenvalue weighted by Gasteiger charge is -2.12. The molecule has 0 aliphatic heterocycles. The Morgan fingerprint density at radius 2 is 1.71 bits per heavy atom. The van der Waals surface area contributed by atoms with E-state index in [9.17, 15) is 21.6 Å². The maximum Gasteiger partial charge on any atom is 0.265 e. The van der Waals surface area contributed by atoms with Crippen LogP contribution in [0.5, 0.6) is 0 Å². The van der Waals surface area contributed by atoms with Crippen molar-refractivity contribution in [2.24, 2.45) is 0 Å². The molecule has 2 aromatic carbocycles. The molecule has 0 aromatic heterocycles. The van der Waals surface area contributed by atoms with Gasteiger partial charge in [-0.1, -0.05) is 6.07 Å². The van der Waals surface area contributed by atoms with Gasteiger partial charge in [-0.25, -0.2) is 21.6 Å². The molecule has 0 saturated carbocycles. The fourth-order valence-corrected chi connectivity index (χ4v) is 3.29. The van der Waals surface area contributed by atoms with Gasteiger partial charge in [0.25, 0.3) is 10.0 Å². The minimum absolute atomic E-state index is 0.126. The first-order chi connectivity index (χ1) is 9.74. The number of halogens is 4. The number of rotatable bonds is 3. The molecule has 0 amide bonds. The molecule has 0 atom stereocenters. The largest absolute Gasteiger partial charge is 0.394 e. The topological polar surface area (TPSA) is 72.2 Å². The molecule has 0 heterocycles. The van der Waals surface area contributed by atoms with E-state index in [4.69, 9.17) is 5.73 Å². The Hall–Kier alpha value is -1.74. The van der Waals surface area contributed by atoms with Gasteiger partial charge in [0.1, 0.15) is 22.2 Å². The zero-order chi connectivity index (χ0) is 15.8. The highest BCUT2D eigenvalue weighted by atomic mass is 79.9. The van der Waals surface area contributed by atoms with Gasteiger partial charge in [0.2, 0.25) is 0 Å². The van der Waals surface area contributed by atoms with Crippen molar-refractivity contribution in [1.29, 1.82) is 0 Å². The summed E-state index contributed by atoms with van der Waals surface area (Å²) in [5.41, 5.74) is 3.79.